The number of amides is 1. The molecule has 1 aliphatic carbocycles. The van der Waals surface area contributed by atoms with Gasteiger partial charge in [-0.2, -0.15) is 4.31 Å². The van der Waals surface area contributed by atoms with Crippen molar-refractivity contribution in [1.82, 2.24) is 14.5 Å². The van der Waals surface area contributed by atoms with Crippen LogP contribution in [-0.2, 0) is 14.8 Å². The van der Waals surface area contributed by atoms with Gasteiger partial charge >= 0.3 is 0 Å². The summed E-state index contributed by atoms with van der Waals surface area (Å²) in [5.74, 6) is -1.12. The predicted molar refractivity (Wildman–Crippen MR) is 149 cm³/mol. The number of fused-ring (bicyclic) bond motifs is 2. The lowest BCUT2D eigenvalue weighted by Gasteiger charge is -2.43. The summed E-state index contributed by atoms with van der Waals surface area (Å²) in [7, 11) is -4.26. The van der Waals surface area contributed by atoms with E-state index in [4.69, 9.17) is 4.74 Å². The van der Waals surface area contributed by atoms with E-state index in [1.54, 1.807) is 0 Å². The van der Waals surface area contributed by atoms with E-state index in [1.807, 2.05) is 0 Å². The minimum absolute atomic E-state index is 0.00398. The van der Waals surface area contributed by atoms with Crippen molar-refractivity contribution in [2.75, 3.05) is 32.8 Å². The normalized spacial score (nSPS) is 27.0. The molecule has 0 radical (unpaired) electrons. The third-order valence-electron chi connectivity index (χ3n) is 9.34. The SMILES string of the molecule is O=C1NC2(CCOc3cc(-c4ccc(F)cc4F)ccc3S(=O)(=O)N3C[C@H](O)C[C@@H]13)CCN(CC1CCCC1)CC2. The predicted octanol–water partition coefficient (Wildman–Crippen LogP) is 3.68. The molecule has 3 heterocycles. The van der Waals surface area contributed by atoms with Gasteiger partial charge in [0.05, 0.1) is 12.7 Å². The average molecular weight is 590 g/mol. The molecular weight excluding hydrogens is 552 g/mol. The largest absolute Gasteiger partial charge is 0.492 e. The van der Waals surface area contributed by atoms with E-state index in [1.165, 1.54) is 49.9 Å². The summed E-state index contributed by atoms with van der Waals surface area (Å²) in [6.07, 6.45) is 6.04. The molecule has 2 N–H and O–H groups in total. The number of nitrogens with one attached hydrogen (secondary N) is 1. The van der Waals surface area contributed by atoms with E-state index in [2.05, 4.69) is 10.2 Å². The van der Waals surface area contributed by atoms with Gasteiger partial charge in [0.25, 0.3) is 0 Å². The molecule has 11 heteroatoms. The van der Waals surface area contributed by atoms with E-state index in [0.717, 1.165) is 42.0 Å². The van der Waals surface area contributed by atoms with Crippen LogP contribution in [0.2, 0.25) is 0 Å². The Morgan fingerprint density at radius 1 is 1.05 bits per heavy atom. The number of ether oxygens (including phenoxy) is 1. The van der Waals surface area contributed by atoms with Crippen LogP contribution in [0.1, 0.15) is 51.4 Å². The third-order valence-corrected chi connectivity index (χ3v) is 11.3. The lowest BCUT2D eigenvalue weighted by molar-refractivity contribution is -0.127. The summed E-state index contributed by atoms with van der Waals surface area (Å²) < 4.78 is 63.1. The Morgan fingerprint density at radius 2 is 1.80 bits per heavy atom. The lowest BCUT2D eigenvalue weighted by Crippen LogP contribution is -2.59. The van der Waals surface area contributed by atoms with Crippen LogP contribution >= 0.6 is 0 Å². The Hall–Kier alpha value is -2.60. The maximum Gasteiger partial charge on any atom is 0.247 e. The van der Waals surface area contributed by atoms with Gasteiger partial charge in [-0.25, -0.2) is 17.2 Å². The van der Waals surface area contributed by atoms with Crippen molar-refractivity contribution >= 4 is 15.9 Å². The third kappa shape index (κ3) is 5.74. The topological polar surface area (TPSA) is 99.2 Å². The highest BCUT2D eigenvalue weighted by atomic mass is 32.2. The smallest absolute Gasteiger partial charge is 0.247 e. The molecule has 41 heavy (non-hydrogen) atoms. The van der Waals surface area contributed by atoms with Gasteiger partial charge in [-0.05, 0) is 61.4 Å². The zero-order valence-electron chi connectivity index (χ0n) is 23.0. The Bertz CT molecular complexity index is 1410. The molecule has 2 aromatic rings. The first kappa shape index (κ1) is 28.5. The number of hydrogen-bond acceptors (Lipinski definition) is 6. The van der Waals surface area contributed by atoms with Crippen LogP contribution < -0.4 is 10.1 Å². The van der Waals surface area contributed by atoms with Crippen LogP contribution in [0.4, 0.5) is 8.78 Å². The fraction of sp³-hybridized carbons (Fsp3) is 0.567. The molecule has 1 saturated carbocycles. The number of likely N-dealkylation sites (tertiary alicyclic amines) is 1. The molecule has 222 valence electrons. The fourth-order valence-electron chi connectivity index (χ4n) is 7.00. The first-order valence-electron chi connectivity index (χ1n) is 14.6. The average Bonchev–Trinajstić information content (AvgIpc) is 3.59. The van der Waals surface area contributed by atoms with Gasteiger partial charge in [0, 0.05) is 56.2 Å². The second-order valence-electron chi connectivity index (χ2n) is 12.1. The zero-order chi connectivity index (χ0) is 28.8. The van der Waals surface area contributed by atoms with Crippen LogP contribution in [0.5, 0.6) is 5.75 Å². The highest BCUT2D eigenvalue weighted by molar-refractivity contribution is 7.89. The monoisotopic (exact) mass is 589 g/mol. The second kappa shape index (κ2) is 11.2. The highest BCUT2D eigenvalue weighted by Gasteiger charge is 2.47. The summed E-state index contributed by atoms with van der Waals surface area (Å²) in [5, 5.41) is 13.7. The maximum atomic E-state index is 14.6. The molecule has 0 bridgehead atoms. The minimum atomic E-state index is -4.26. The number of rotatable bonds is 3. The summed E-state index contributed by atoms with van der Waals surface area (Å²) in [5.41, 5.74) is -0.118. The van der Waals surface area contributed by atoms with Gasteiger partial charge in [0.15, 0.2) is 0 Å². The van der Waals surface area contributed by atoms with Crippen molar-refractivity contribution in [3.63, 3.8) is 0 Å². The van der Waals surface area contributed by atoms with Crippen LogP contribution in [0.15, 0.2) is 41.3 Å². The second-order valence-corrected chi connectivity index (χ2v) is 13.9. The molecular formula is C30H37F2N3O5S. The van der Waals surface area contributed by atoms with Gasteiger partial charge in [-0.1, -0.05) is 18.9 Å². The van der Waals surface area contributed by atoms with Crippen LogP contribution in [0.25, 0.3) is 11.1 Å². The number of carbonyl (C=O) groups excluding carboxylic acids is 1. The molecule has 6 rings (SSSR count). The molecule has 0 unspecified atom stereocenters. The van der Waals surface area contributed by atoms with Gasteiger partial charge in [-0.3, -0.25) is 4.79 Å². The van der Waals surface area contributed by atoms with E-state index < -0.39 is 45.2 Å². The summed E-state index contributed by atoms with van der Waals surface area (Å²) in [6.45, 7) is 2.66. The number of piperidine rings is 1. The van der Waals surface area contributed by atoms with Crippen LogP contribution in [0, 0.1) is 17.6 Å². The molecule has 2 atom stereocenters. The Morgan fingerprint density at radius 3 is 2.54 bits per heavy atom. The van der Waals surface area contributed by atoms with E-state index in [9.17, 15) is 27.1 Å². The van der Waals surface area contributed by atoms with Crippen LogP contribution in [-0.4, -0.2) is 79.1 Å². The number of nitrogens with zero attached hydrogens (tertiary/aromatic N) is 2. The van der Waals surface area contributed by atoms with E-state index in [-0.39, 0.29) is 35.8 Å². The summed E-state index contributed by atoms with van der Waals surface area (Å²) in [6, 6.07) is 6.40. The van der Waals surface area contributed by atoms with Crippen molar-refractivity contribution < 1.29 is 31.8 Å². The summed E-state index contributed by atoms with van der Waals surface area (Å²) >= 11 is 0. The number of aliphatic hydroxyl groups is 1. The first-order valence-corrected chi connectivity index (χ1v) is 16.0. The molecule has 1 spiro atoms. The van der Waals surface area contributed by atoms with Gasteiger partial charge < -0.3 is 20.1 Å². The standard InChI is InChI=1S/C30H37F2N3O5S/c31-22-6-7-24(25(32)16-22)21-5-8-28-27(15-21)40-14-11-30(9-12-34(13-10-30)18-20-3-1-2-4-20)33-29(37)26-17-23(36)19-35(26)41(28,38)39/h5-8,15-16,20,23,26,36H,1-4,9-14,17-19H2,(H,33,37)/t23-,26+/m1/s1. The van der Waals surface area contributed by atoms with Gasteiger partial charge in [-0.15, -0.1) is 0 Å². The first-order chi connectivity index (χ1) is 19.6. The summed E-state index contributed by atoms with van der Waals surface area (Å²) in [4.78, 5) is 16.0. The van der Waals surface area contributed by atoms with E-state index in [0.29, 0.717) is 24.8 Å². The lowest BCUT2D eigenvalue weighted by atomic mass is 9.83. The molecule has 3 fully saturated rings. The van der Waals surface area contributed by atoms with E-state index >= 15 is 0 Å². The quantitative estimate of drug-likeness (QED) is 0.567. The molecule has 4 aliphatic rings. The van der Waals surface area contributed by atoms with Gasteiger partial charge in [0.2, 0.25) is 15.9 Å². The minimum Gasteiger partial charge on any atom is -0.492 e. The number of benzene rings is 2. The molecule has 3 aliphatic heterocycles. The Labute approximate surface area is 239 Å². The maximum absolute atomic E-state index is 14.6. The number of sulfonamides is 1. The molecule has 0 aromatic heterocycles. The Balaban J connectivity index is 1.32. The molecule has 8 nitrogen and oxygen atoms in total. The van der Waals surface area contributed by atoms with Crippen molar-refractivity contribution in [2.24, 2.45) is 5.92 Å². The molecule has 2 saturated heterocycles. The van der Waals surface area contributed by atoms with Crippen LogP contribution in [0.3, 0.4) is 0 Å². The van der Waals surface area contributed by atoms with Crippen molar-refractivity contribution in [3.05, 3.63) is 48.0 Å². The van der Waals surface area contributed by atoms with Crippen molar-refractivity contribution in [1.29, 1.82) is 0 Å². The number of carbonyl (C=O) groups is 1. The number of hydrogen-bond donors (Lipinski definition) is 2. The number of halogens is 2. The van der Waals surface area contributed by atoms with Crippen molar-refractivity contribution in [2.45, 2.75) is 73.9 Å². The van der Waals surface area contributed by atoms with Gasteiger partial charge in [0.1, 0.15) is 28.3 Å². The Kier molecular flexibility index (Phi) is 7.82. The highest BCUT2D eigenvalue weighted by Crippen LogP contribution is 2.38. The fourth-order valence-corrected chi connectivity index (χ4v) is 8.75. The zero-order valence-corrected chi connectivity index (χ0v) is 23.8. The number of aliphatic hydroxyl groups excluding tert-OH is 1. The van der Waals surface area contributed by atoms with Crippen molar-refractivity contribution in [3.8, 4) is 16.9 Å². The molecule has 1 amide bonds. The molecule has 2 aromatic carbocycles.